The van der Waals surface area contributed by atoms with Gasteiger partial charge in [0.15, 0.2) is 6.10 Å². The molecule has 0 saturated heterocycles. The Bertz CT molecular complexity index is 918. The molecule has 0 bridgehead atoms. The van der Waals surface area contributed by atoms with Crippen LogP contribution in [0.2, 0.25) is 0 Å². The summed E-state index contributed by atoms with van der Waals surface area (Å²) in [5.74, 6) is 0.00193. The lowest BCUT2D eigenvalue weighted by Crippen LogP contribution is -2.30. The van der Waals surface area contributed by atoms with Gasteiger partial charge in [-0.3, -0.25) is 14.4 Å². The molecular weight excluding hydrogens is 757 g/mol. The number of ether oxygens (including phenoxy) is 3. The third-order valence-electron chi connectivity index (χ3n) is 12.5. The molecule has 0 fully saturated rings. The summed E-state index contributed by atoms with van der Waals surface area (Å²) in [5, 5.41) is 0. The van der Waals surface area contributed by atoms with Crippen LogP contribution in [0.4, 0.5) is 0 Å². The highest BCUT2D eigenvalue weighted by molar-refractivity contribution is 5.71. The molecule has 0 N–H and O–H groups in total. The van der Waals surface area contributed by atoms with Crippen molar-refractivity contribution in [2.45, 2.75) is 316 Å². The lowest BCUT2D eigenvalue weighted by Gasteiger charge is -2.18. The minimum atomic E-state index is -0.760. The van der Waals surface area contributed by atoms with Crippen molar-refractivity contribution < 1.29 is 28.6 Å². The second-order valence-corrected chi connectivity index (χ2v) is 19.3. The maximum Gasteiger partial charge on any atom is 0.306 e. The van der Waals surface area contributed by atoms with Crippen LogP contribution in [-0.4, -0.2) is 37.2 Å². The fraction of sp³-hybridized carbons (Fsp3) is 0.945. The summed E-state index contributed by atoms with van der Waals surface area (Å²) in [4.78, 5) is 37.9. The average Bonchev–Trinajstić information content (AvgIpc) is 3.24. The van der Waals surface area contributed by atoms with E-state index in [4.69, 9.17) is 14.2 Å². The van der Waals surface area contributed by atoms with Crippen LogP contribution in [0, 0.1) is 5.92 Å². The maximum atomic E-state index is 12.8. The number of hydrogen-bond acceptors (Lipinski definition) is 6. The average molecular weight is 863 g/mol. The molecular formula is C55H106O6. The minimum absolute atomic E-state index is 0.0628. The molecule has 0 heterocycles. The Balaban J connectivity index is 4.16. The quantitative estimate of drug-likeness (QED) is 0.0344. The highest BCUT2D eigenvalue weighted by Crippen LogP contribution is 2.18. The number of hydrogen-bond donors (Lipinski definition) is 0. The van der Waals surface area contributed by atoms with E-state index < -0.39 is 6.10 Å². The Labute approximate surface area is 380 Å². The monoisotopic (exact) mass is 863 g/mol. The highest BCUT2D eigenvalue weighted by atomic mass is 16.6. The maximum absolute atomic E-state index is 12.8. The first-order valence-electron chi connectivity index (χ1n) is 27.4. The third-order valence-corrected chi connectivity index (χ3v) is 12.5. The van der Waals surface area contributed by atoms with Crippen molar-refractivity contribution in [3.8, 4) is 0 Å². The van der Waals surface area contributed by atoms with Crippen LogP contribution in [0.3, 0.4) is 0 Å². The third kappa shape index (κ3) is 49.3. The van der Waals surface area contributed by atoms with Crippen LogP contribution in [0.1, 0.15) is 310 Å². The van der Waals surface area contributed by atoms with Crippen molar-refractivity contribution in [1.29, 1.82) is 0 Å². The predicted octanol–water partition coefficient (Wildman–Crippen LogP) is 17.8. The molecule has 1 atom stereocenters. The Morgan fingerprint density at radius 3 is 0.803 bits per heavy atom. The van der Waals surface area contributed by atoms with Gasteiger partial charge in [0, 0.05) is 19.3 Å². The van der Waals surface area contributed by atoms with Gasteiger partial charge in [0.05, 0.1) is 0 Å². The molecule has 0 aromatic carbocycles. The van der Waals surface area contributed by atoms with E-state index in [0.717, 1.165) is 63.7 Å². The summed E-state index contributed by atoms with van der Waals surface area (Å²) >= 11 is 0. The van der Waals surface area contributed by atoms with Crippen LogP contribution in [0.25, 0.3) is 0 Å². The van der Waals surface area contributed by atoms with E-state index in [1.54, 1.807) is 0 Å². The number of unbranched alkanes of at least 4 members (excludes halogenated alkanes) is 37. The van der Waals surface area contributed by atoms with Gasteiger partial charge in [0.25, 0.3) is 0 Å². The Hall–Kier alpha value is -1.59. The molecule has 0 rings (SSSR count). The first-order chi connectivity index (χ1) is 29.9. The Kier molecular flexibility index (Phi) is 48.1. The van der Waals surface area contributed by atoms with Crippen molar-refractivity contribution in [3.63, 3.8) is 0 Å². The molecule has 0 radical (unpaired) electrons. The molecule has 0 aliphatic heterocycles. The van der Waals surface area contributed by atoms with Crippen molar-refractivity contribution in [1.82, 2.24) is 0 Å². The van der Waals surface area contributed by atoms with Crippen LogP contribution in [0.5, 0.6) is 0 Å². The smallest absolute Gasteiger partial charge is 0.306 e. The number of rotatable bonds is 50. The lowest BCUT2D eigenvalue weighted by molar-refractivity contribution is -0.167. The van der Waals surface area contributed by atoms with E-state index in [1.165, 1.54) is 205 Å². The topological polar surface area (TPSA) is 78.9 Å². The van der Waals surface area contributed by atoms with E-state index in [-0.39, 0.29) is 31.1 Å². The number of carbonyl (C=O) groups is 3. The summed E-state index contributed by atoms with van der Waals surface area (Å²) < 4.78 is 16.8. The summed E-state index contributed by atoms with van der Waals surface area (Å²) in [6, 6.07) is 0. The standard InChI is InChI=1S/C55H106O6/c1-5-7-9-11-13-14-15-16-17-18-19-22-26-29-32-36-40-44-48-55(58)61-52(49-59-53(56)46-42-38-33-12-10-8-6-2)50-60-54(57)47-43-39-35-31-28-25-23-20-21-24-27-30-34-37-41-45-51(3)4/h51-52H,5-50H2,1-4H3/t52-/m0/s1. The molecule has 6 nitrogen and oxygen atoms in total. The van der Waals surface area contributed by atoms with Gasteiger partial charge in [-0.05, 0) is 25.2 Å². The van der Waals surface area contributed by atoms with Crippen molar-refractivity contribution in [2.24, 2.45) is 5.92 Å². The van der Waals surface area contributed by atoms with E-state index in [2.05, 4.69) is 27.7 Å². The summed E-state index contributed by atoms with van der Waals surface area (Å²) in [7, 11) is 0. The summed E-state index contributed by atoms with van der Waals surface area (Å²) in [5.41, 5.74) is 0. The highest BCUT2D eigenvalue weighted by Gasteiger charge is 2.19. The molecule has 362 valence electrons. The van der Waals surface area contributed by atoms with Gasteiger partial charge < -0.3 is 14.2 Å². The molecule has 0 amide bonds. The fourth-order valence-electron chi connectivity index (χ4n) is 8.39. The normalized spacial score (nSPS) is 12.0. The van der Waals surface area contributed by atoms with Gasteiger partial charge in [-0.2, -0.15) is 0 Å². The van der Waals surface area contributed by atoms with E-state index in [9.17, 15) is 14.4 Å². The van der Waals surface area contributed by atoms with Crippen molar-refractivity contribution in [3.05, 3.63) is 0 Å². The summed E-state index contributed by atoms with van der Waals surface area (Å²) in [6.07, 6.45) is 52.5. The molecule has 0 aromatic rings. The molecule has 0 unspecified atom stereocenters. The molecule has 0 saturated carbocycles. The van der Waals surface area contributed by atoms with Gasteiger partial charge >= 0.3 is 17.9 Å². The first kappa shape index (κ1) is 59.4. The first-order valence-corrected chi connectivity index (χ1v) is 27.4. The predicted molar refractivity (Wildman–Crippen MR) is 261 cm³/mol. The van der Waals surface area contributed by atoms with Crippen LogP contribution in [0.15, 0.2) is 0 Å². The second-order valence-electron chi connectivity index (χ2n) is 19.3. The Morgan fingerprint density at radius 1 is 0.311 bits per heavy atom. The van der Waals surface area contributed by atoms with Crippen LogP contribution in [-0.2, 0) is 28.6 Å². The molecule has 61 heavy (non-hydrogen) atoms. The van der Waals surface area contributed by atoms with Gasteiger partial charge in [0.2, 0.25) is 0 Å². The fourth-order valence-corrected chi connectivity index (χ4v) is 8.39. The van der Waals surface area contributed by atoms with Crippen molar-refractivity contribution in [2.75, 3.05) is 13.2 Å². The van der Waals surface area contributed by atoms with Gasteiger partial charge in [-0.25, -0.2) is 0 Å². The molecule has 0 aliphatic carbocycles. The number of carbonyl (C=O) groups excluding carboxylic acids is 3. The number of esters is 3. The minimum Gasteiger partial charge on any atom is -0.462 e. The van der Waals surface area contributed by atoms with Crippen LogP contribution >= 0.6 is 0 Å². The molecule has 0 spiro atoms. The van der Waals surface area contributed by atoms with Gasteiger partial charge in [-0.15, -0.1) is 0 Å². The van der Waals surface area contributed by atoms with E-state index in [0.29, 0.717) is 19.3 Å². The second kappa shape index (κ2) is 49.4. The molecule has 6 heteroatoms. The molecule has 0 aromatic heterocycles. The zero-order valence-corrected chi connectivity index (χ0v) is 41.6. The largest absolute Gasteiger partial charge is 0.462 e. The van der Waals surface area contributed by atoms with Crippen molar-refractivity contribution >= 4 is 17.9 Å². The van der Waals surface area contributed by atoms with Gasteiger partial charge in [-0.1, -0.05) is 272 Å². The van der Waals surface area contributed by atoms with Crippen LogP contribution < -0.4 is 0 Å². The van der Waals surface area contributed by atoms with E-state index >= 15 is 0 Å². The SMILES string of the molecule is CCCCCCCCCCCCCCCCCCCCC(=O)O[C@@H](COC(=O)CCCCCCCCC)COC(=O)CCCCCCCCCCCCCCCCCC(C)C. The zero-order chi connectivity index (χ0) is 44.5. The lowest BCUT2D eigenvalue weighted by atomic mass is 10.0. The van der Waals surface area contributed by atoms with Gasteiger partial charge in [0.1, 0.15) is 13.2 Å². The zero-order valence-electron chi connectivity index (χ0n) is 41.6. The van der Waals surface area contributed by atoms with E-state index in [1.807, 2.05) is 0 Å². The molecule has 0 aliphatic rings. The summed E-state index contributed by atoms with van der Waals surface area (Å²) in [6.45, 7) is 9.02. The Morgan fingerprint density at radius 2 is 0.541 bits per heavy atom.